The highest BCUT2D eigenvalue weighted by atomic mass is 35.5. The lowest BCUT2D eigenvalue weighted by atomic mass is 10.2. The Kier molecular flexibility index (Phi) is 5.32. The van der Waals surface area contributed by atoms with E-state index in [1.807, 2.05) is 13.1 Å². The van der Waals surface area contributed by atoms with Crippen molar-refractivity contribution in [2.24, 2.45) is 0 Å². The van der Waals surface area contributed by atoms with Gasteiger partial charge in [0.2, 0.25) is 5.88 Å². The third-order valence-electron chi connectivity index (χ3n) is 2.74. The van der Waals surface area contributed by atoms with Crippen LogP contribution in [0.15, 0.2) is 30.7 Å². The number of hydrogen-bond acceptors (Lipinski definition) is 4. The molecule has 0 aliphatic heterocycles. The third kappa shape index (κ3) is 4.18. The molecule has 0 saturated carbocycles. The molecule has 106 valence electrons. The summed E-state index contributed by atoms with van der Waals surface area (Å²) in [4.78, 5) is 8.33. The van der Waals surface area contributed by atoms with Crippen LogP contribution in [-0.2, 0) is 6.54 Å². The highest BCUT2D eigenvalue weighted by molar-refractivity contribution is 6.30. The van der Waals surface area contributed by atoms with Crippen molar-refractivity contribution in [3.05, 3.63) is 46.9 Å². The zero-order valence-electron chi connectivity index (χ0n) is 11.7. The van der Waals surface area contributed by atoms with Crippen molar-refractivity contribution in [2.45, 2.75) is 26.8 Å². The van der Waals surface area contributed by atoms with Crippen molar-refractivity contribution in [1.82, 2.24) is 15.3 Å². The molecule has 0 aliphatic carbocycles. The molecule has 0 bridgehead atoms. The predicted octanol–water partition coefficient (Wildman–Crippen LogP) is 3.73. The van der Waals surface area contributed by atoms with Crippen LogP contribution in [0.3, 0.4) is 0 Å². The average Bonchev–Trinajstić information content (AvgIpc) is 2.42. The standard InChI is InChI=1S/C15H18ClN3O/c1-3-4-17-7-12-5-11(2)15(19-8-12)20-14-6-13(16)9-18-10-14/h5-6,8-10,17H,3-4,7H2,1-2H3. The molecule has 2 aromatic heterocycles. The van der Waals surface area contributed by atoms with Gasteiger partial charge in [-0.05, 0) is 31.5 Å². The number of rotatable bonds is 6. The number of halogens is 1. The van der Waals surface area contributed by atoms with Crippen molar-refractivity contribution < 1.29 is 4.74 Å². The van der Waals surface area contributed by atoms with Gasteiger partial charge in [0.05, 0.1) is 11.2 Å². The highest BCUT2D eigenvalue weighted by Crippen LogP contribution is 2.24. The van der Waals surface area contributed by atoms with Gasteiger partial charge in [0, 0.05) is 30.6 Å². The van der Waals surface area contributed by atoms with Crippen molar-refractivity contribution in [1.29, 1.82) is 0 Å². The summed E-state index contributed by atoms with van der Waals surface area (Å²) in [5.41, 5.74) is 2.13. The molecule has 0 aromatic carbocycles. The molecule has 0 spiro atoms. The molecule has 0 saturated heterocycles. The van der Waals surface area contributed by atoms with Crippen LogP contribution in [0.1, 0.15) is 24.5 Å². The molecule has 0 unspecified atom stereocenters. The lowest BCUT2D eigenvalue weighted by molar-refractivity contribution is 0.456. The van der Waals surface area contributed by atoms with Gasteiger partial charge in [0.15, 0.2) is 0 Å². The Morgan fingerprint density at radius 1 is 1.25 bits per heavy atom. The van der Waals surface area contributed by atoms with Crippen LogP contribution in [-0.4, -0.2) is 16.5 Å². The maximum Gasteiger partial charge on any atom is 0.222 e. The smallest absolute Gasteiger partial charge is 0.222 e. The fourth-order valence-corrected chi connectivity index (χ4v) is 1.96. The molecule has 2 rings (SSSR count). The maximum absolute atomic E-state index is 5.88. The summed E-state index contributed by atoms with van der Waals surface area (Å²) in [6, 6.07) is 3.79. The van der Waals surface area contributed by atoms with Crippen molar-refractivity contribution in [2.75, 3.05) is 6.54 Å². The summed E-state index contributed by atoms with van der Waals surface area (Å²) in [5.74, 6) is 1.17. The third-order valence-corrected chi connectivity index (χ3v) is 2.94. The van der Waals surface area contributed by atoms with Gasteiger partial charge in [0.1, 0.15) is 5.75 Å². The molecule has 0 aliphatic rings. The summed E-state index contributed by atoms with van der Waals surface area (Å²) >= 11 is 5.88. The summed E-state index contributed by atoms with van der Waals surface area (Å²) in [7, 11) is 0. The fourth-order valence-electron chi connectivity index (χ4n) is 1.79. The quantitative estimate of drug-likeness (QED) is 0.824. The van der Waals surface area contributed by atoms with Crippen LogP contribution in [0.5, 0.6) is 11.6 Å². The molecular formula is C15H18ClN3O. The van der Waals surface area contributed by atoms with E-state index in [-0.39, 0.29) is 0 Å². The zero-order chi connectivity index (χ0) is 14.4. The Hall–Kier alpha value is -1.65. The van der Waals surface area contributed by atoms with Crippen molar-refractivity contribution in [3.63, 3.8) is 0 Å². The summed E-state index contributed by atoms with van der Waals surface area (Å²) in [5, 5.41) is 3.89. The van der Waals surface area contributed by atoms with Gasteiger partial charge in [-0.3, -0.25) is 4.98 Å². The number of ether oxygens (including phenoxy) is 1. The minimum absolute atomic E-state index is 0.542. The van der Waals surface area contributed by atoms with Crippen LogP contribution in [0.2, 0.25) is 5.02 Å². The molecule has 4 nitrogen and oxygen atoms in total. The molecule has 0 atom stereocenters. The van der Waals surface area contributed by atoms with E-state index in [2.05, 4.69) is 28.3 Å². The van der Waals surface area contributed by atoms with E-state index >= 15 is 0 Å². The molecule has 0 amide bonds. The second kappa shape index (κ2) is 7.22. The van der Waals surface area contributed by atoms with Crippen LogP contribution in [0.4, 0.5) is 0 Å². The summed E-state index contributed by atoms with van der Waals surface area (Å²) in [6.07, 6.45) is 6.12. The SMILES string of the molecule is CCCNCc1cnc(Oc2cncc(Cl)c2)c(C)c1. The molecule has 20 heavy (non-hydrogen) atoms. The van der Waals surface area contributed by atoms with Gasteiger partial charge in [-0.15, -0.1) is 0 Å². The van der Waals surface area contributed by atoms with Crippen LogP contribution < -0.4 is 10.1 Å². The lowest BCUT2D eigenvalue weighted by Crippen LogP contribution is -2.14. The monoisotopic (exact) mass is 291 g/mol. The van der Waals surface area contributed by atoms with E-state index in [1.165, 1.54) is 0 Å². The van der Waals surface area contributed by atoms with E-state index in [1.54, 1.807) is 18.5 Å². The Labute approximate surface area is 124 Å². The van der Waals surface area contributed by atoms with E-state index < -0.39 is 0 Å². The molecule has 5 heteroatoms. The van der Waals surface area contributed by atoms with Gasteiger partial charge in [-0.1, -0.05) is 18.5 Å². The number of nitrogens with zero attached hydrogens (tertiary/aromatic N) is 2. The first-order valence-electron chi connectivity index (χ1n) is 6.63. The van der Waals surface area contributed by atoms with Crippen LogP contribution in [0, 0.1) is 6.92 Å². The maximum atomic E-state index is 5.88. The van der Waals surface area contributed by atoms with Crippen molar-refractivity contribution >= 4 is 11.6 Å². The van der Waals surface area contributed by atoms with E-state index in [9.17, 15) is 0 Å². The first-order valence-corrected chi connectivity index (χ1v) is 7.01. The average molecular weight is 292 g/mol. The molecule has 0 fully saturated rings. The first kappa shape index (κ1) is 14.8. The Morgan fingerprint density at radius 3 is 2.80 bits per heavy atom. The largest absolute Gasteiger partial charge is 0.437 e. The van der Waals surface area contributed by atoms with Crippen molar-refractivity contribution in [3.8, 4) is 11.6 Å². The van der Waals surface area contributed by atoms with Gasteiger partial charge < -0.3 is 10.1 Å². The summed E-state index contributed by atoms with van der Waals surface area (Å²) < 4.78 is 5.69. The number of pyridine rings is 2. The van der Waals surface area contributed by atoms with Gasteiger partial charge in [-0.2, -0.15) is 0 Å². The number of aryl methyl sites for hydroxylation is 1. The van der Waals surface area contributed by atoms with Gasteiger partial charge in [-0.25, -0.2) is 4.98 Å². The highest BCUT2D eigenvalue weighted by Gasteiger charge is 2.05. The molecule has 0 radical (unpaired) electrons. The van der Waals surface area contributed by atoms with Crippen LogP contribution in [0.25, 0.3) is 0 Å². The number of aromatic nitrogens is 2. The molecule has 1 N–H and O–H groups in total. The minimum atomic E-state index is 0.542. The number of nitrogens with one attached hydrogen (secondary N) is 1. The van der Waals surface area contributed by atoms with E-state index in [0.29, 0.717) is 16.7 Å². The molecular weight excluding hydrogens is 274 g/mol. The Balaban J connectivity index is 2.06. The Morgan fingerprint density at radius 2 is 2.10 bits per heavy atom. The topological polar surface area (TPSA) is 47.0 Å². The zero-order valence-corrected chi connectivity index (χ0v) is 12.4. The second-order valence-electron chi connectivity index (χ2n) is 4.58. The van der Waals surface area contributed by atoms with E-state index in [0.717, 1.165) is 30.6 Å². The van der Waals surface area contributed by atoms with Crippen LogP contribution >= 0.6 is 11.6 Å². The summed E-state index contributed by atoms with van der Waals surface area (Å²) in [6.45, 7) is 5.95. The lowest BCUT2D eigenvalue weighted by Gasteiger charge is -2.09. The predicted molar refractivity (Wildman–Crippen MR) is 80.3 cm³/mol. The van der Waals surface area contributed by atoms with E-state index in [4.69, 9.17) is 16.3 Å². The van der Waals surface area contributed by atoms with Gasteiger partial charge >= 0.3 is 0 Å². The second-order valence-corrected chi connectivity index (χ2v) is 5.02. The normalized spacial score (nSPS) is 10.6. The minimum Gasteiger partial charge on any atom is -0.437 e. The molecule has 2 aromatic rings. The molecule has 2 heterocycles. The first-order chi connectivity index (χ1) is 9.69. The Bertz CT molecular complexity index is 575. The van der Waals surface area contributed by atoms with Gasteiger partial charge in [0.25, 0.3) is 0 Å². The number of hydrogen-bond donors (Lipinski definition) is 1. The fraction of sp³-hybridized carbons (Fsp3) is 0.333.